The van der Waals surface area contributed by atoms with Crippen LogP contribution in [0.3, 0.4) is 0 Å². The minimum Gasteiger partial charge on any atom is -0.496 e. The summed E-state index contributed by atoms with van der Waals surface area (Å²) in [6, 6.07) is 27.3. The van der Waals surface area contributed by atoms with E-state index in [2.05, 4.69) is 10.6 Å². The van der Waals surface area contributed by atoms with E-state index in [0.29, 0.717) is 22.9 Å². The quantitative estimate of drug-likeness (QED) is 0.246. The molecule has 1 unspecified atom stereocenters. The number of thioether (sulfide) groups is 1. The van der Waals surface area contributed by atoms with Crippen LogP contribution in [0.15, 0.2) is 102 Å². The number of hydrogen-bond donors (Lipinski definition) is 2. The van der Waals surface area contributed by atoms with Crippen LogP contribution < -0.4 is 20.1 Å². The summed E-state index contributed by atoms with van der Waals surface area (Å²) in [6.45, 7) is 0. The Balaban J connectivity index is 1.56. The maximum absolute atomic E-state index is 13.3. The fraction of sp³-hybridized carbons (Fsp3) is 0.103. The molecule has 4 rings (SSSR count). The molecule has 4 aromatic carbocycles. The lowest BCUT2D eigenvalue weighted by molar-refractivity contribution is -0.115. The molecule has 0 bridgehead atoms. The lowest BCUT2D eigenvalue weighted by atomic mass is 10.1. The van der Waals surface area contributed by atoms with Crippen molar-refractivity contribution in [1.29, 1.82) is 0 Å². The fourth-order valence-corrected chi connectivity index (χ4v) is 4.78. The summed E-state index contributed by atoms with van der Waals surface area (Å²) in [5.74, 6) is -0.231. The number of halogens is 1. The van der Waals surface area contributed by atoms with Crippen molar-refractivity contribution in [2.45, 2.75) is 10.1 Å². The van der Waals surface area contributed by atoms with Crippen molar-refractivity contribution in [3.8, 4) is 11.5 Å². The van der Waals surface area contributed by atoms with Gasteiger partial charge in [-0.3, -0.25) is 9.59 Å². The van der Waals surface area contributed by atoms with Crippen LogP contribution >= 0.6 is 11.8 Å². The van der Waals surface area contributed by atoms with E-state index in [1.807, 2.05) is 36.4 Å². The van der Waals surface area contributed by atoms with Gasteiger partial charge in [-0.05, 0) is 60.2 Å². The molecule has 2 N–H and O–H groups in total. The average Bonchev–Trinajstić information content (AvgIpc) is 2.93. The molecule has 4 aromatic rings. The topological polar surface area (TPSA) is 76.7 Å². The van der Waals surface area contributed by atoms with Crippen LogP contribution in [0.25, 0.3) is 0 Å². The molecule has 0 aliphatic heterocycles. The molecule has 0 aliphatic carbocycles. The number of ether oxygens (including phenoxy) is 2. The summed E-state index contributed by atoms with van der Waals surface area (Å²) in [5, 5.41) is 5.15. The highest BCUT2D eigenvalue weighted by Gasteiger charge is 2.23. The molecule has 188 valence electrons. The normalized spacial score (nSPS) is 11.3. The first kappa shape index (κ1) is 25.8. The van der Waals surface area contributed by atoms with Gasteiger partial charge in [0.25, 0.3) is 5.91 Å². The number of rotatable bonds is 9. The van der Waals surface area contributed by atoms with E-state index in [-0.39, 0.29) is 23.2 Å². The predicted molar refractivity (Wildman–Crippen MR) is 144 cm³/mol. The number of nitrogens with one attached hydrogen (secondary N) is 2. The van der Waals surface area contributed by atoms with Gasteiger partial charge in [-0.2, -0.15) is 0 Å². The van der Waals surface area contributed by atoms with Gasteiger partial charge in [0.2, 0.25) is 5.91 Å². The Bertz CT molecular complexity index is 1360. The van der Waals surface area contributed by atoms with Gasteiger partial charge in [0.15, 0.2) is 0 Å². The summed E-state index contributed by atoms with van der Waals surface area (Å²) in [5.41, 5.74) is 2.14. The van der Waals surface area contributed by atoms with E-state index in [1.165, 1.54) is 50.2 Å². The van der Waals surface area contributed by atoms with Crippen molar-refractivity contribution in [3.05, 3.63) is 114 Å². The van der Waals surface area contributed by atoms with Crippen LogP contribution in [-0.2, 0) is 4.79 Å². The van der Waals surface area contributed by atoms with Crippen molar-refractivity contribution in [3.63, 3.8) is 0 Å². The Morgan fingerprint density at radius 2 is 1.41 bits per heavy atom. The second-order valence-corrected chi connectivity index (χ2v) is 9.10. The third kappa shape index (κ3) is 6.48. The van der Waals surface area contributed by atoms with Crippen molar-refractivity contribution in [2.75, 3.05) is 24.9 Å². The minimum absolute atomic E-state index is 0.254. The third-order valence-electron chi connectivity index (χ3n) is 5.45. The van der Waals surface area contributed by atoms with E-state index in [1.54, 1.807) is 36.4 Å². The molecule has 0 saturated carbocycles. The van der Waals surface area contributed by atoms with E-state index in [9.17, 15) is 14.0 Å². The van der Waals surface area contributed by atoms with E-state index >= 15 is 0 Å². The number of carbonyl (C=O) groups is 2. The van der Waals surface area contributed by atoms with Gasteiger partial charge in [-0.15, -0.1) is 11.8 Å². The van der Waals surface area contributed by atoms with Crippen LogP contribution in [0.4, 0.5) is 15.8 Å². The van der Waals surface area contributed by atoms with E-state index < -0.39 is 5.25 Å². The van der Waals surface area contributed by atoms with Crippen molar-refractivity contribution in [1.82, 2.24) is 0 Å². The first-order valence-corrected chi connectivity index (χ1v) is 12.3. The Morgan fingerprint density at radius 1 is 0.757 bits per heavy atom. The number of anilines is 2. The lowest BCUT2D eigenvalue weighted by Gasteiger charge is -2.18. The monoisotopic (exact) mass is 516 g/mol. The lowest BCUT2D eigenvalue weighted by Crippen LogP contribution is -2.19. The van der Waals surface area contributed by atoms with Crippen LogP contribution in [-0.4, -0.2) is 26.0 Å². The molecule has 2 amide bonds. The van der Waals surface area contributed by atoms with Crippen molar-refractivity contribution < 1.29 is 23.5 Å². The molecule has 0 heterocycles. The first-order valence-electron chi connectivity index (χ1n) is 11.4. The van der Waals surface area contributed by atoms with Gasteiger partial charge >= 0.3 is 0 Å². The van der Waals surface area contributed by atoms with Gasteiger partial charge in [0.1, 0.15) is 28.1 Å². The maximum atomic E-state index is 13.3. The predicted octanol–water partition coefficient (Wildman–Crippen LogP) is 6.57. The fourth-order valence-electron chi connectivity index (χ4n) is 3.69. The van der Waals surface area contributed by atoms with Gasteiger partial charge in [0.05, 0.1) is 14.2 Å². The molecular weight excluding hydrogens is 491 g/mol. The highest BCUT2D eigenvalue weighted by atomic mass is 32.2. The molecule has 6 nitrogen and oxygen atoms in total. The minimum atomic E-state index is -0.591. The van der Waals surface area contributed by atoms with Gasteiger partial charge < -0.3 is 20.1 Å². The second kappa shape index (κ2) is 12.1. The molecule has 0 fully saturated rings. The molecule has 0 radical (unpaired) electrons. The van der Waals surface area contributed by atoms with Gasteiger partial charge in [-0.25, -0.2) is 4.39 Å². The summed E-state index contributed by atoms with van der Waals surface area (Å²) < 4.78 is 24.0. The third-order valence-corrected chi connectivity index (χ3v) is 6.70. The molecule has 0 aromatic heterocycles. The number of methoxy groups -OCH3 is 2. The zero-order valence-electron chi connectivity index (χ0n) is 20.2. The van der Waals surface area contributed by atoms with Crippen molar-refractivity contribution >= 4 is 35.0 Å². The number of amides is 2. The molecule has 8 heteroatoms. The Hall–Kier alpha value is -4.30. The Labute approximate surface area is 218 Å². The zero-order valence-corrected chi connectivity index (χ0v) is 21.1. The zero-order chi connectivity index (χ0) is 26.2. The first-order chi connectivity index (χ1) is 18.0. The number of benzene rings is 4. The molecule has 1 atom stereocenters. The SMILES string of the molecule is COc1cccc(OC)c1C(=O)Nc1cccc(SC(C(=O)Nc2ccc(F)cc2)c2ccccc2)c1. The summed E-state index contributed by atoms with van der Waals surface area (Å²) in [6.07, 6.45) is 0. The number of carbonyl (C=O) groups excluding carboxylic acids is 2. The van der Waals surface area contributed by atoms with Crippen LogP contribution in [0.5, 0.6) is 11.5 Å². The van der Waals surface area contributed by atoms with Gasteiger partial charge in [0, 0.05) is 16.3 Å². The van der Waals surface area contributed by atoms with Crippen LogP contribution in [0.2, 0.25) is 0 Å². The highest BCUT2D eigenvalue weighted by Crippen LogP contribution is 2.37. The highest BCUT2D eigenvalue weighted by molar-refractivity contribution is 8.00. The largest absolute Gasteiger partial charge is 0.496 e. The summed E-state index contributed by atoms with van der Waals surface area (Å²) >= 11 is 1.34. The molecule has 37 heavy (non-hydrogen) atoms. The van der Waals surface area contributed by atoms with Crippen LogP contribution in [0, 0.1) is 5.82 Å². The van der Waals surface area contributed by atoms with Crippen molar-refractivity contribution in [2.24, 2.45) is 0 Å². The van der Waals surface area contributed by atoms with E-state index in [4.69, 9.17) is 9.47 Å². The number of hydrogen-bond acceptors (Lipinski definition) is 5. The molecule has 0 saturated heterocycles. The maximum Gasteiger partial charge on any atom is 0.263 e. The molecule has 0 aliphatic rings. The Morgan fingerprint density at radius 3 is 2.05 bits per heavy atom. The summed E-state index contributed by atoms with van der Waals surface area (Å²) in [4.78, 5) is 27.1. The molecule has 0 spiro atoms. The standard InChI is InChI=1S/C29H25FN2O4S/c1-35-24-12-7-13-25(36-2)26(24)28(33)32-22-10-6-11-23(18-22)37-27(19-8-4-3-5-9-19)29(34)31-21-16-14-20(30)15-17-21/h3-18,27H,1-2H3,(H,31,34)(H,32,33). The summed E-state index contributed by atoms with van der Waals surface area (Å²) in [7, 11) is 2.98. The molecular formula is C29H25FN2O4S. The van der Waals surface area contributed by atoms with E-state index in [0.717, 1.165) is 10.5 Å². The average molecular weight is 517 g/mol. The van der Waals surface area contributed by atoms with Crippen LogP contribution in [0.1, 0.15) is 21.2 Å². The Kier molecular flexibility index (Phi) is 8.43. The second-order valence-electron chi connectivity index (χ2n) is 7.92. The van der Waals surface area contributed by atoms with Gasteiger partial charge in [-0.1, -0.05) is 42.5 Å². The smallest absolute Gasteiger partial charge is 0.263 e.